The number of carbonyl (C=O) groups is 1. The smallest absolute Gasteiger partial charge is 0.223 e. The topological polar surface area (TPSA) is 55.1 Å². The van der Waals surface area contributed by atoms with Crippen LogP contribution in [0, 0.1) is 5.92 Å². The van der Waals surface area contributed by atoms with Crippen molar-refractivity contribution in [2.24, 2.45) is 11.7 Å². The van der Waals surface area contributed by atoms with Gasteiger partial charge in [0.2, 0.25) is 5.91 Å². The zero-order valence-electron chi connectivity index (χ0n) is 11.4. The maximum Gasteiger partial charge on any atom is 0.223 e. The highest BCUT2D eigenvalue weighted by Gasteiger charge is 2.25. The number of nitrogens with two attached hydrogens (primary N) is 1. The van der Waals surface area contributed by atoms with Crippen LogP contribution in [-0.2, 0) is 4.79 Å². The van der Waals surface area contributed by atoms with E-state index < -0.39 is 0 Å². The van der Waals surface area contributed by atoms with Crippen molar-refractivity contribution in [3.63, 3.8) is 0 Å². The lowest BCUT2D eigenvalue weighted by atomic mass is 9.86. The molecule has 1 saturated carbocycles. The summed E-state index contributed by atoms with van der Waals surface area (Å²) in [6, 6.07) is 0.644. The normalized spacial score (nSPS) is 26.5. The Labute approximate surface area is 106 Å². The first-order valence-electron chi connectivity index (χ1n) is 7.19. The molecule has 0 spiro atoms. The van der Waals surface area contributed by atoms with E-state index in [0.717, 1.165) is 32.1 Å². The van der Waals surface area contributed by atoms with Gasteiger partial charge in [0.15, 0.2) is 0 Å². The molecule has 3 heteroatoms. The molecule has 0 aliphatic heterocycles. The Morgan fingerprint density at radius 1 is 1.29 bits per heavy atom. The fourth-order valence-corrected chi connectivity index (χ4v) is 2.51. The van der Waals surface area contributed by atoms with Gasteiger partial charge >= 0.3 is 0 Å². The van der Waals surface area contributed by atoms with Gasteiger partial charge in [-0.2, -0.15) is 0 Å². The summed E-state index contributed by atoms with van der Waals surface area (Å²) in [4.78, 5) is 12.0. The molecular formula is C14H28N2O. The molecule has 1 rings (SSSR count). The number of nitrogens with one attached hydrogen (secondary N) is 1. The Kier molecular flexibility index (Phi) is 6.56. The molecule has 0 bridgehead atoms. The van der Waals surface area contributed by atoms with Gasteiger partial charge in [0, 0.05) is 18.0 Å². The first-order chi connectivity index (χ1) is 8.13. The minimum absolute atomic E-state index is 0.212. The van der Waals surface area contributed by atoms with Gasteiger partial charge in [-0.05, 0) is 39.0 Å². The second-order valence-corrected chi connectivity index (χ2v) is 5.52. The lowest BCUT2D eigenvalue weighted by Gasteiger charge is -2.26. The largest absolute Gasteiger partial charge is 0.353 e. The van der Waals surface area contributed by atoms with Crippen LogP contribution in [0.3, 0.4) is 0 Å². The second kappa shape index (κ2) is 7.70. The Hall–Kier alpha value is -0.570. The molecule has 1 unspecified atom stereocenters. The van der Waals surface area contributed by atoms with Gasteiger partial charge in [0.25, 0.3) is 0 Å². The van der Waals surface area contributed by atoms with Crippen molar-refractivity contribution in [3.8, 4) is 0 Å². The van der Waals surface area contributed by atoms with E-state index in [1.807, 2.05) is 0 Å². The highest BCUT2D eigenvalue weighted by Crippen LogP contribution is 2.23. The molecule has 1 amide bonds. The average molecular weight is 240 g/mol. The monoisotopic (exact) mass is 240 g/mol. The van der Waals surface area contributed by atoms with E-state index in [9.17, 15) is 4.79 Å². The summed E-state index contributed by atoms with van der Waals surface area (Å²) in [7, 11) is 0. The third kappa shape index (κ3) is 5.53. The van der Waals surface area contributed by atoms with Crippen LogP contribution in [0.15, 0.2) is 0 Å². The lowest BCUT2D eigenvalue weighted by Crippen LogP contribution is -2.40. The molecule has 0 saturated heterocycles. The zero-order chi connectivity index (χ0) is 12.7. The molecule has 0 aromatic carbocycles. The molecule has 100 valence electrons. The molecule has 1 fully saturated rings. The number of rotatable bonds is 6. The van der Waals surface area contributed by atoms with Crippen molar-refractivity contribution >= 4 is 5.91 Å². The Morgan fingerprint density at radius 2 is 1.94 bits per heavy atom. The molecule has 0 radical (unpaired) electrons. The van der Waals surface area contributed by atoms with Crippen molar-refractivity contribution in [1.29, 1.82) is 0 Å². The molecule has 1 aliphatic carbocycles. The number of carbonyl (C=O) groups excluding carboxylic acids is 1. The fourth-order valence-electron chi connectivity index (χ4n) is 2.51. The van der Waals surface area contributed by atoms with Gasteiger partial charge in [-0.25, -0.2) is 0 Å². The van der Waals surface area contributed by atoms with E-state index in [1.54, 1.807) is 0 Å². The molecule has 1 aliphatic rings. The Bertz CT molecular complexity index is 222. The summed E-state index contributed by atoms with van der Waals surface area (Å²) in [5.74, 6) is 0.462. The predicted molar refractivity (Wildman–Crippen MR) is 71.7 cm³/mol. The van der Waals surface area contributed by atoms with E-state index in [2.05, 4.69) is 19.2 Å². The van der Waals surface area contributed by atoms with Crippen molar-refractivity contribution in [3.05, 3.63) is 0 Å². The van der Waals surface area contributed by atoms with Crippen molar-refractivity contribution < 1.29 is 4.79 Å². The number of unbranched alkanes of at least 4 members (excludes halogenated alkanes) is 2. The Morgan fingerprint density at radius 3 is 2.53 bits per heavy atom. The maximum atomic E-state index is 12.0. The first kappa shape index (κ1) is 14.5. The Balaban J connectivity index is 2.19. The van der Waals surface area contributed by atoms with E-state index >= 15 is 0 Å². The van der Waals surface area contributed by atoms with Crippen LogP contribution in [0.25, 0.3) is 0 Å². The molecule has 0 aromatic heterocycles. The zero-order valence-corrected chi connectivity index (χ0v) is 11.4. The SMILES string of the molecule is CCCCCC(C)NC(=O)C1CCC(N)CC1. The van der Waals surface area contributed by atoms with Crippen LogP contribution in [0.1, 0.15) is 65.2 Å². The second-order valence-electron chi connectivity index (χ2n) is 5.52. The quantitative estimate of drug-likeness (QED) is 0.701. The third-order valence-electron chi connectivity index (χ3n) is 3.77. The van der Waals surface area contributed by atoms with Gasteiger partial charge in [-0.15, -0.1) is 0 Å². The van der Waals surface area contributed by atoms with Crippen LogP contribution in [0.5, 0.6) is 0 Å². The molecule has 17 heavy (non-hydrogen) atoms. The van der Waals surface area contributed by atoms with Gasteiger partial charge in [0.1, 0.15) is 0 Å². The average Bonchev–Trinajstić information content (AvgIpc) is 2.30. The summed E-state index contributed by atoms with van der Waals surface area (Å²) in [6.07, 6.45) is 8.76. The van der Waals surface area contributed by atoms with Crippen LogP contribution in [0.2, 0.25) is 0 Å². The molecule has 0 aromatic rings. The minimum Gasteiger partial charge on any atom is -0.353 e. The number of hydrogen-bond acceptors (Lipinski definition) is 2. The predicted octanol–water partition coefficient (Wildman–Crippen LogP) is 2.59. The van der Waals surface area contributed by atoms with Gasteiger partial charge in [-0.1, -0.05) is 26.2 Å². The molecule has 3 nitrogen and oxygen atoms in total. The van der Waals surface area contributed by atoms with E-state index in [4.69, 9.17) is 5.73 Å². The number of hydrogen-bond donors (Lipinski definition) is 2. The third-order valence-corrected chi connectivity index (χ3v) is 3.77. The van der Waals surface area contributed by atoms with Crippen LogP contribution in [0.4, 0.5) is 0 Å². The molecule has 1 atom stereocenters. The van der Waals surface area contributed by atoms with Crippen LogP contribution in [-0.4, -0.2) is 18.0 Å². The van der Waals surface area contributed by atoms with Crippen molar-refractivity contribution in [1.82, 2.24) is 5.32 Å². The first-order valence-corrected chi connectivity index (χ1v) is 7.19. The summed E-state index contributed by atoms with van der Waals surface area (Å²) in [5, 5.41) is 3.14. The highest BCUT2D eigenvalue weighted by atomic mass is 16.1. The van der Waals surface area contributed by atoms with Gasteiger partial charge in [-0.3, -0.25) is 4.79 Å². The minimum atomic E-state index is 0.212. The van der Waals surface area contributed by atoms with Gasteiger partial charge < -0.3 is 11.1 Å². The summed E-state index contributed by atoms with van der Waals surface area (Å²) in [5.41, 5.74) is 5.85. The molecular weight excluding hydrogens is 212 g/mol. The van der Waals surface area contributed by atoms with Crippen LogP contribution >= 0.6 is 0 Å². The highest BCUT2D eigenvalue weighted by molar-refractivity contribution is 5.78. The summed E-state index contributed by atoms with van der Waals surface area (Å²) >= 11 is 0. The van der Waals surface area contributed by atoms with Crippen LogP contribution < -0.4 is 11.1 Å². The van der Waals surface area contributed by atoms with Crippen molar-refractivity contribution in [2.45, 2.75) is 77.3 Å². The number of amides is 1. The van der Waals surface area contributed by atoms with E-state index in [-0.39, 0.29) is 11.8 Å². The summed E-state index contributed by atoms with van der Waals surface area (Å²) < 4.78 is 0. The van der Waals surface area contributed by atoms with E-state index in [0.29, 0.717) is 12.1 Å². The summed E-state index contributed by atoms with van der Waals surface area (Å²) in [6.45, 7) is 4.32. The molecule has 0 heterocycles. The fraction of sp³-hybridized carbons (Fsp3) is 0.929. The van der Waals surface area contributed by atoms with E-state index in [1.165, 1.54) is 19.3 Å². The molecule has 3 N–H and O–H groups in total. The van der Waals surface area contributed by atoms with Crippen molar-refractivity contribution in [2.75, 3.05) is 0 Å². The maximum absolute atomic E-state index is 12.0. The lowest BCUT2D eigenvalue weighted by molar-refractivity contribution is -0.126. The van der Waals surface area contributed by atoms with Gasteiger partial charge in [0.05, 0.1) is 0 Å². The standard InChI is InChI=1S/C14H28N2O/c1-3-4-5-6-11(2)16-14(17)12-7-9-13(15)10-8-12/h11-13H,3-10,15H2,1-2H3,(H,16,17).